The van der Waals surface area contributed by atoms with Crippen molar-refractivity contribution in [1.29, 1.82) is 0 Å². The Morgan fingerprint density at radius 1 is 1.44 bits per heavy atom. The summed E-state index contributed by atoms with van der Waals surface area (Å²) >= 11 is 3.51. The van der Waals surface area contributed by atoms with E-state index in [4.69, 9.17) is 0 Å². The van der Waals surface area contributed by atoms with Crippen molar-refractivity contribution in [1.82, 2.24) is 5.32 Å². The van der Waals surface area contributed by atoms with Gasteiger partial charge in [0.15, 0.2) is 0 Å². The van der Waals surface area contributed by atoms with Gasteiger partial charge in [-0.25, -0.2) is 0 Å². The summed E-state index contributed by atoms with van der Waals surface area (Å²) in [5, 5.41) is 3.25. The fourth-order valence-electron chi connectivity index (χ4n) is 1.83. The zero-order valence-corrected chi connectivity index (χ0v) is 11.9. The second-order valence-electron chi connectivity index (χ2n) is 4.19. The van der Waals surface area contributed by atoms with Gasteiger partial charge in [-0.1, -0.05) is 35.3 Å². The van der Waals surface area contributed by atoms with Crippen LogP contribution in [0.3, 0.4) is 0 Å². The average molecular weight is 285 g/mol. The molecular formula is C13H21BrN2. The maximum atomic E-state index is 3.51. The quantitative estimate of drug-likeness (QED) is 0.864. The van der Waals surface area contributed by atoms with Gasteiger partial charge in [-0.2, -0.15) is 0 Å². The minimum Gasteiger partial charge on any atom is -0.374 e. The average Bonchev–Trinajstić information content (AvgIpc) is 2.28. The lowest BCUT2D eigenvalue weighted by Crippen LogP contribution is -2.30. The minimum atomic E-state index is 0.703. The molecule has 1 N–H and O–H groups in total. The van der Waals surface area contributed by atoms with E-state index >= 15 is 0 Å². The number of anilines is 1. The van der Waals surface area contributed by atoms with Gasteiger partial charge in [0.05, 0.1) is 0 Å². The first-order valence-electron chi connectivity index (χ1n) is 5.78. The van der Waals surface area contributed by atoms with Crippen LogP contribution in [0, 0.1) is 5.92 Å². The van der Waals surface area contributed by atoms with E-state index in [0.717, 1.165) is 17.6 Å². The van der Waals surface area contributed by atoms with Crippen LogP contribution in [0.1, 0.15) is 13.3 Å². The van der Waals surface area contributed by atoms with Crippen LogP contribution in [-0.4, -0.2) is 27.2 Å². The maximum absolute atomic E-state index is 3.51. The third kappa shape index (κ3) is 4.14. The molecule has 0 aliphatic carbocycles. The van der Waals surface area contributed by atoms with Crippen molar-refractivity contribution in [3.63, 3.8) is 0 Å². The smallest absolute Gasteiger partial charge is 0.0375 e. The normalized spacial score (nSPS) is 12.5. The van der Waals surface area contributed by atoms with Crippen LogP contribution in [-0.2, 0) is 0 Å². The number of benzene rings is 1. The third-order valence-electron chi connectivity index (χ3n) is 2.85. The second-order valence-corrected chi connectivity index (χ2v) is 5.11. The molecule has 0 saturated heterocycles. The van der Waals surface area contributed by atoms with Gasteiger partial charge in [-0.05, 0) is 37.7 Å². The van der Waals surface area contributed by atoms with Crippen LogP contribution in [0.2, 0.25) is 0 Å². The Balaban J connectivity index is 2.60. The molecule has 2 nitrogen and oxygen atoms in total. The molecule has 1 unspecified atom stereocenters. The van der Waals surface area contributed by atoms with E-state index in [9.17, 15) is 0 Å². The van der Waals surface area contributed by atoms with E-state index < -0.39 is 0 Å². The summed E-state index contributed by atoms with van der Waals surface area (Å²) in [6.45, 7) is 4.42. The van der Waals surface area contributed by atoms with Crippen molar-refractivity contribution < 1.29 is 0 Å². The molecule has 0 aliphatic heterocycles. The SMILES string of the molecule is CCC(CNC)CN(C)c1cccc(Br)c1. The zero-order valence-electron chi connectivity index (χ0n) is 10.3. The van der Waals surface area contributed by atoms with E-state index in [1.165, 1.54) is 12.1 Å². The van der Waals surface area contributed by atoms with E-state index in [2.05, 4.69) is 64.4 Å². The molecule has 16 heavy (non-hydrogen) atoms. The van der Waals surface area contributed by atoms with Gasteiger partial charge in [0.1, 0.15) is 0 Å². The fraction of sp³-hybridized carbons (Fsp3) is 0.538. The third-order valence-corrected chi connectivity index (χ3v) is 3.34. The number of halogens is 1. The molecule has 1 aromatic rings. The van der Waals surface area contributed by atoms with Crippen molar-refractivity contribution in [3.8, 4) is 0 Å². The highest BCUT2D eigenvalue weighted by molar-refractivity contribution is 9.10. The van der Waals surface area contributed by atoms with Gasteiger partial charge in [0.25, 0.3) is 0 Å². The van der Waals surface area contributed by atoms with Crippen LogP contribution in [0.4, 0.5) is 5.69 Å². The molecule has 0 amide bonds. The Kier molecular flexibility index (Phi) is 5.85. The molecule has 90 valence electrons. The Labute approximate surface area is 107 Å². The first-order valence-corrected chi connectivity index (χ1v) is 6.58. The highest BCUT2D eigenvalue weighted by Crippen LogP contribution is 2.20. The molecule has 0 bridgehead atoms. The van der Waals surface area contributed by atoms with E-state index in [-0.39, 0.29) is 0 Å². The molecule has 0 saturated carbocycles. The van der Waals surface area contributed by atoms with Crippen molar-refractivity contribution >= 4 is 21.6 Å². The van der Waals surface area contributed by atoms with Crippen LogP contribution >= 0.6 is 15.9 Å². The van der Waals surface area contributed by atoms with Crippen molar-refractivity contribution in [2.24, 2.45) is 5.92 Å². The van der Waals surface area contributed by atoms with Crippen LogP contribution < -0.4 is 10.2 Å². The number of rotatable bonds is 6. The molecular weight excluding hydrogens is 264 g/mol. The largest absolute Gasteiger partial charge is 0.374 e. The Morgan fingerprint density at radius 2 is 2.19 bits per heavy atom. The van der Waals surface area contributed by atoms with E-state index in [0.29, 0.717) is 5.92 Å². The molecule has 1 aromatic carbocycles. The summed E-state index contributed by atoms with van der Waals surface area (Å²) in [6.07, 6.45) is 1.21. The highest BCUT2D eigenvalue weighted by atomic mass is 79.9. The first kappa shape index (κ1) is 13.5. The van der Waals surface area contributed by atoms with Crippen LogP contribution in [0.25, 0.3) is 0 Å². The van der Waals surface area contributed by atoms with Crippen molar-refractivity contribution in [2.75, 3.05) is 32.1 Å². The predicted octanol–water partition coefficient (Wildman–Crippen LogP) is 3.13. The fourth-order valence-corrected chi connectivity index (χ4v) is 2.22. The topological polar surface area (TPSA) is 15.3 Å². The van der Waals surface area contributed by atoms with Gasteiger partial charge >= 0.3 is 0 Å². The lowest BCUT2D eigenvalue weighted by molar-refractivity contribution is 0.485. The summed E-state index contributed by atoms with van der Waals surface area (Å²) in [6, 6.07) is 8.44. The molecule has 0 aliphatic rings. The highest BCUT2D eigenvalue weighted by Gasteiger charge is 2.09. The van der Waals surface area contributed by atoms with Gasteiger partial charge in [-0.15, -0.1) is 0 Å². The molecule has 0 aromatic heterocycles. The summed E-state index contributed by atoms with van der Waals surface area (Å²) in [7, 11) is 4.17. The van der Waals surface area contributed by atoms with Gasteiger partial charge in [0.2, 0.25) is 0 Å². The number of nitrogens with zero attached hydrogens (tertiary/aromatic N) is 1. The van der Waals surface area contributed by atoms with Gasteiger partial charge < -0.3 is 10.2 Å². The predicted molar refractivity (Wildman–Crippen MR) is 75.1 cm³/mol. The standard InChI is InChI=1S/C13H21BrN2/c1-4-11(9-15-2)10-16(3)13-7-5-6-12(14)8-13/h5-8,11,15H,4,9-10H2,1-3H3. The summed E-state index contributed by atoms with van der Waals surface area (Å²) < 4.78 is 1.14. The molecule has 0 spiro atoms. The van der Waals surface area contributed by atoms with Gasteiger partial charge in [0, 0.05) is 23.8 Å². The van der Waals surface area contributed by atoms with Crippen LogP contribution in [0.15, 0.2) is 28.7 Å². The summed E-state index contributed by atoms with van der Waals surface area (Å²) in [5.41, 5.74) is 1.27. The van der Waals surface area contributed by atoms with Crippen LogP contribution in [0.5, 0.6) is 0 Å². The Bertz CT molecular complexity index is 315. The number of hydrogen-bond donors (Lipinski definition) is 1. The van der Waals surface area contributed by atoms with Crippen molar-refractivity contribution in [3.05, 3.63) is 28.7 Å². The molecule has 0 radical (unpaired) electrons. The minimum absolute atomic E-state index is 0.703. The summed E-state index contributed by atoms with van der Waals surface area (Å²) in [4.78, 5) is 2.32. The maximum Gasteiger partial charge on any atom is 0.0375 e. The zero-order chi connectivity index (χ0) is 12.0. The first-order chi connectivity index (χ1) is 7.67. The Morgan fingerprint density at radius 3 is 2.75 bits per heavy atom. The second kappa shape index (κ2) is 6.92. The molecule has 1 atom stereocenters. The molecule has 0 heterocycles. The van der Waals surface area contributed by atoms with E-state index in [1.54, 1.807) is 0 Å². The molecule has 0 fully saturated rings. The van der Waals surface area contributed by atoms with Gasteiger partial charge in [-0.3, -0.25) is 0 Å². The molecule has 3 heteroatoms. The Hall–Kier alpha value is -0.540. The lowest BCUT2D eigenvalue weighted by atomic mass is 10.1. The monoisotopic (exact) mass is 284 g/mol. The molecule has 1 rings (SSSR count). The number of nitrogens with one attached hydrogen (secondary N) is 1. The number of hydrogen-bond acceptors (Lipinski definition) is 2. The summed E-state index contributed by atoms with van der Waals surface area (Å²) in [5.74, 6) is 0.703. The van der Waals surface area contributed by atoms with E-state index in [1.807, 2.05) is 7.05 Å². The van der Waals surface area contributed by atoms with Crippen molar-refractivity contribution in [2.45, 2.75) is 13.3 Å². The lowest BCUT2D eigenvalue weighted by Gasteiger charge is -2.25.